The van der Waals surface area contributed by atoms with Crippen molar-refractivity contribution >= 4 is 5.91 Å². The van der Waals surface area contributed by atoms with Crippen LogP contribution in [0.25, 0.3) is 0 Å². The molecule has 0 bridgehead atoms. The summed E-state index contributed by atoms with van der Waals surface area (Å²) in [6.45, 7) is 3.03. The van der Waals surface area contributed by atoms with E-state index < -0.39 is 0 Å². The van der Waals surface area contributed by atoms with Gasteiger partial charge in [0, 0.05) is 17.7 Å². The van der Waals surface area contributed by atoms with Crippen LogP contribution in [-0.4, -0.2) is 19.0 Å². The van der Waals surface area contributed by atoms with Gasteiger partial charge in [0.1, 0.15) is 6.54 Å². The van der Waals surface area contributed by atoms with E-state index in [0.717, 1.165) is 31.8 Å². The summed E-state index contributed by atoms with van der Waals surface area (Å²) in [5.41, 5.74) is 8.05. The molecule has 1 aliphatic rings. The van der Waals surface area contributed by atoms with Crippen molar-refractivity contribution in [2.75, 3.05) is 13.1 Å². The number of hydrogen-bond donors (Lipinski definition) is 3. The predicted molar refractivity (Wildman–Crippen MR) is 82.9 cm³/mol. The van der Waals surface area contributed by atoms with Gasteiger partial charge in [-0.05, 0) is 18.2 Å². The molecule has 2 heterocycles. The lowest BCUT2D eigenvalue weighted by molar-refractivity contribution is -0.909. The maximum atomic E-state index is 11.8. The Morgan fingerprint density at radius 1 is 1.18 bits per heavy atom. The molecule has 0 aliphatic carbocycles. The zero-order valence-electron chi connectivity index (χ0n) is 12.3. The van der Waals surface area contributed by atoms with Crippen molar-refractivity contribution in [3.63, 3.8) is 0 Å². The lowest BCUT2D eigenvalue weighted by Gasteiger charge is -2.24. The normalized spacial score (nSPS) is 17.6. The molecule has 22 heavy (non-hydrogen) atoms. The minimum absolute atomic E-state index is 0.259. The van der Waals surface area contributed by atoms with Gasteiger partial charge in [0.15, 0.2) is 5.76 Å². The Morgan fingerprint density at radius 3 is 2.73 bits per heavy atom. The highest BCUT2D eigenvalue weighted by Crippen LogP contribution is 2.01. The summed E-state index contributed by atoms with van der Waals surface area (Å²) in [5, 5.41) is 0. The molecule has 3 N–H and O–H groups in total. The van der Waals surface area contributed by atoms with Crippen molar-refractivity contribution in [2.45, 2.75) is 13.0 Å². The van der Waals surface area contributed by atoms with E-state index in [9.17, 15) is 4.79 Å². The van der Waals surface area contributed by atoms with E-state index in [4.69, 9.17) is 4.42 Å². The van der Waals surface area contributed by atoms with Gasteiger partial charge >= 0.3 is 5.91 Å². The molecule has 0 fully saturated rings. The summed E-state index contributed by atoms with van der Waals surface area (Å²) in [6.07, 6.45) is 4.55. The van der Waals surface area contributed by atoms with Crippen LogP contribution in [0.5, 0.6) is 0 Å². The van der Waals surface area contributed by atoms with Gasteiger partial charge in [-0.2, -0.15) is 0 Å². The Kier molecular flexibility index (Phi) is 4.56. The van der Waals surface area contributed by atoms with Gasteiger partial charge in [-0.15, -0.1) is 0 Å². The molecule has 5 nitrogen and oxygen atoms in total. The van der Waals surface area contributed by atoms with E-state index in [-0.39, 0.29) is 5.91 Å². The Labute approximate surface area is 129 Å². The number of hydrazine groups is 1. The first-order chi connectivity index (χ1) is 10.8. The van der Waals surface area contributed by atoms with Crippen LogP contribution in [0.4, 0.5) is 0 Å². The zero-order valence-corrected chi connectivity index (χ0v) is 12.3. The van der Waals surface area contributed by atoms with E-state index in [1.54, 1.807) is 12.1 Å². The van der Waals surface area contributed by atoms with Crippen molar-refractivity contribution in [1.82, 2.24) is 10.9 Å². The molecule has 1 atom stereocenters. The van der Waals surface area contributed by atoms with E-state index >= 15 is 0 Å². The highest BCUT2D eigenvalue weighted by molar-refractivity contribution is 5.91. The minimum atomic E-state index is -0.259. The summed E-state index contributed by atoms with van der Waals surface area (Å²) in [5.74, 6) is 0.0465. The highest BCUT2D eigenvalue weighted by atomic mass is 16.3. The number of hydrogen-bond acceptors (Lipinski definition) is 3. The summed E-state index contributed by atoms with van der Waals surface area (Å²) in [6, 6.07) is 13.8. The molecule has 0 spiro atoms. The van der Waals surface area contributed by atoms with Crippen LogP contribution in [0.2, 0.25) is 0 Å². The average Bonchev–Trinajstić information content (AvgIpc) is 3.09. The van der Waals surface area contributed by atoms with Crippen molar-refractivity contribution in [3.8, 4) is 0 Å². The Morgan fingerprint density at radius 2 is 2.05 bits per heavy atom. The molecule has 0 saturated carbocycles. The number of amides is 1. The standard InChI is InChI=1S/C17H19N3O2/c21-17(16-7-4-12-22-16)19-18-15-8-10-20(11-9-15)13-14-5-2-1-3-6-14/h1-8,12,18H,9-11,13H2,(H,19,21)/p+1. The van der Waals surface area contributed by atoms with Gasteiger partial charge in [-0.25, -0.2) is 0 Å². The lowest BCUT2D eigenvalue weighted by atomic mass is 10.1. The molecule has 3 rings (SSSR count). The molecular weight excluding hydrogens is 278 g/mol. The van der Waals surface area contributed by atoms with E-state index in [2.05, 4.69) is 41.2 Å². The lowest BCUT2D eigenvalue weighted by Crippen LogP contribution is -3.11. The quantitative estimate of drug-likeness (QED) is 0.719. The van der Waals surface area contributed by atoms with Crippen LogP contribution >= 0.6 is 0 Å². The third kappa shape index (κ3) is 3.77. The van der Waals surface area contributed by atoms with Gasteiger partial charge in [0.05, 0.1) is 19.4 Å². The number of nitrogens with one attached hydrogen (secondary N) is 3. The molecular formula is C17H20N3O2+. The van der Waals surface area contributed by atoms with Crippen LogP contribution in [0.3, 0.4) is 0 Å². The fraction of sp³-hybridized carbons (Fsp3) is 0.235. The monoisotopic (exact) mass is 298 g/mol. The first-order valence-corrected chi connectivity index (χ1v) is 7.47. The van der Waals surface area contributed by atoms with Gasteiger partial charge in [0.25, 0.3) is 0 Å². The Bertz CT molecular complexity index is 635. The summed E-state index contributed by atoms with van der Waals surface area (Å²) in [7, 11) is 0. The summed E-state index contributed by atoms with van der Waals surface area (Å²) >= 11 is 0. The van der Waals surface area contributed by atoms with Crippen molar-refractivity contribution in [2.24, 2.45) is 0 Å². The number of quaternary nitrogens is 1. The molecule has 1 aromatic carbocycles. The third-order valence-electron chi connectivity index (χ3n) is 3.76. The fourth-order valence-corrected chi connectivity index (χ4v) is 2.55. The number of carbonyl (C=O) groups is 1. The van der Waals surface area contributed by atoms with Gasteiger partial charge in [-0.3, -0.25) is 10.2 Å². The van der Waals surface area contributed by atoms with Crippen LogP contribution < -0.4 is 15.8 Å². The van der Waals surface area contributed by atoms with Crippen LogP contribution in [0.15, 0.2) is 64.9 Å². The Balaban J connectivity index is 1.46. The second-order valence-corrected chi connectivity index (χ2v) is 5.40. The van der Waals surface area contributed by atoms with E-state index in [0.29, 0.717) is 5.76 Å². The van der Waals surface area contributed by atoms with Crippen LogP contribution in [-0.2, 0) is 6.54 Å². The molecule has 114 valence electrons. The first-order valence-electron chi connectivity index (χ1n) is 7.47. The molecule has 1 amide bonds. The third-order valence-corrected chi connectivity index (χ3v) is 3.76. The second kappa shape index (κ2) is 6.95. The zero-order chi connectivity index (χ0) is 15.2. The van der Waals surface area contributed by atoms with E-state index in [1.807, 2.05) is 6.07 Å². The van der Waals surface area contributed by atoms with Crippen LogP contribution in [0.1, 0.15) is 22.5 Å². The smallest absolute Gasteiger partial charge is 0.305 e. The predicted octanol–water partition coefficient (Wildman–Crippen LogP) is 0.887. The first kappa shape index (κ1) is 14.4. The number of furan rings is 1. The number of benzene rings is 1. The number of rotatable bonds is 5. The SMILES string of the molecule is O=C(NNC1=CC[NH+](Cc2ccccc2)CC1)c1ccco1. The molecule has 1 unspecified atom stereocenters. The highest BCUT2D eigenvalue weighted by Gasteiger charge is 2.16. The average molecular weight is 298 g/mol. The molecule has 0 saturated heterocycles. The minimum Gasteiger partial charge on any atom is -0.459 e. The largest absolute Gasteiger partial charge is 0.459 e. The molecule has 0 radical (unpaired) electrons. The van der Waals surface area contributed by atoms with Crippen molar-refractivity contribution in [3.05, 3.63) is 71.8 Å². The maximum Gasteiger partial charge on any atom is 0.305 e. The molecule has 2 aromatic rings. The summed E-state index contributed by atoms with van der Waals surface area (Å²) in [4.78, 5) is 13.3. The number of carbonyl (C=O) groups excluding carboxylic acids is 1. The molecule has 1 aromatic heterocycles. The maximum absolute atomic E-state index is 11.8. The van der Waals surface area contributed by atoms with E-state index in [1.165, 1.54) is 16.7 Å². The van der Waals surface area contributed by atoms with Gasteiger partial charge in [0.2, 0.25) is 0 Å². The fourth-order valence-electron chi connectivity index (χ4n) is 2.55. The molecule has 1 aliphatic heterocycles. The molecule has 5 heteroatoms. The van der Waals surface area contributed by atoms with Crippen molar-refractivity contribution < 1.29 is 14.1 Å². The topological polar surface area (TPSA) is 58.7 Å². The van der Waals surface area contributed by atoms with Crippen LogP contribution in [0, 0.1) is 0 Å². The second-order valence-electron chi connectivity index (χ2n) is 5.40. The van der Waals surface area contributed by atoms with Gasteiger partial charge < -0.3 is 14.7 Å². The van der Waals surface area contributed by atoms with Gasteiger partial charge in [-0.1, -0.05) is 30.3 Å². The Hall–Kier alpha value is -2.53. The summed E-state index contributed by atoms with van der Waals surface area (Å²) < 4.78 is 5.04. The van der Waals surface area contributed by atoms with Crippen molar-refractivity contribution in [1.29, 1.82) is 0 Å².